The molecule has 3 fully saturated rings. The topological polar surface area (TPSA) is 29.5 Å². The number of fused-ring (bicyclic) bond motifs is 1. The van der Waals surface area contributed by atoms with Gasteiger partial charge in [0.25, 0.3) is 0 Å². The molecule has 3 heteroatoms. The van der Waals surface area contributed by atoms with Crippen molar-refractivity contribution in [1.82, 2.24) is 4.90 Å². The molecule has 1 saturated heterocycles. The highest BCUT2D eigenvalue weighted by molar-refractivity contribution is 5.86. The van der Waals surface area contributed by atoms with Crippen molar-refractivity contribution in [3.63, 3.8) is 0 Å². The quantitative estimate of drug-likeness (QED) is 0.729. The number of ether oxygens (including phenoxy) is 1. The molecular weight excluding hydrogens is 238 g/mol. The van der Waals surface area contributed by atoms with Crippen LogP contribution >= 0.6 is 0 Å². The van der Waals surface area contributed by atoms with Gasteiger partial charge in [-0.15, -0.1) is 0 Å². The summed E-state index contributed by atoms with van der Waals surface area (Å²) >= 11 is 0. The van der Waals surface area contributed by atoms with E-state index in [1.54, 1.807) is 0 Å². The number of nitrogens with zero attached hydrogens (tertiary/aromatic N) is 1. The maximum absolute atomic E-state index is 12.9. The van der Waals surface area contributed by atoms with Crippen LogP contribution in [0.15, 0.2) is 0 Å². The van der Waals surface area contributed by atoms with E-state index in [9.17, 15) is 4.79 Å². The van der Waals surface area contributed by atoms with Gasteiger partial charge in [0, 0.05) is 19.2 Å². The summed E-state index contributed by atoms with van der Waals surface area (Å²) < 4.78 is 5.85. The van der Waals surface area contributed by atoms with E-state index in [-0.39, 0.29) is 11.5 Å². The molecule has 0 aromatic rings. The fourth-order valence-electron chi connectivity index (χ4n) is 3.75. The Balaban J connectivity index is 1.72. The summed E-state index contributed by atoms with van der Waals surface area (Å²) in [7, 11) is 0. The summed E-state index contributed by atoms with van der Waals surface area (Å²) in [6, 6.07) is 0.513. The number of carbonyl (C=O) groups is 1. The molecule has 3 nitrogen and oxygen atoms in total. The molecular formula is C16H27NO2. The summed E-state index contributed by atoms with van der Waals surface area (Å²) in [6.45, 7) is 3.93. The molecule has 3 rings (SSSR count). The predicted octanol–water partition coefficient (Wildman–Crippen LogP) is 3.13. The van der Waals surface area contributed by atoms with Gasteiger partial charge in [0.15, 0.2) is 0 Å². The maximum atomic E-state index is 12.9. The van der Waals surface area contributed by atoms with Gasteiger partial charge in [-0.25, -0.2) is 0 Å². The van der Waals surface area contributed by atoms with E-state index in [1.165, 1.54) is 38.5 Å². The second-order valence-corrected chi connectivity index (χ2v) is 6.83. The van der Waals surface area contributed by atoms with Crippen molar-refractivity contribution in [3.8, 4) is 0 Å². The fourth-order valence-corrected chi connectivity index (χ4v) is 3.75. The van der Waals surface area contributed by atoms with Crippen LogP contribution in [0.2, 0.25) is 0 Å². The van der Waals surface area contributed by atoms with Gasteiger partial charge in [-0.3, -0.25) is 4.79 Å². The van der Waals surface area contributed by atoms with Crippen molar-refractivity contribution in [2.75, 3.05) is 13.2 Å². The molecule has 3 aliphatic rings. The molecule has 0 N–H and O–H groups in total. The monoisotopic (exact) mass is 265 g/mol. The van der Waals surface area contributed by atoms with E-state index in [4.69, 9.17) is 4.74 Å². The Morgan fingerprint density at radius 2 is 1.84 bits per heavy atom. The van der Waals surface area contributed by atoms with E-state index in [1.807, 2.05) is 0 Å². The normalized spacial score (nSPS) is 37.8. The second-order valence-electron chi connectivity index (χ2n) is 6.83. The highest BCUT2D eigenvalue weighted by Crippen LogP contribution is 2.50. The third-order valence-corrected chi connectivity index (χ3v) is 5.29. The molecule has 0 spiro atoms. The van der Waals surface area contributed by atoms with Crippen LogP contribution in [-0.4, -0.2) is 36.1 Å². The largest absolute Gasteiger partial charge is 0.377 e. The Hall–Kier alpha value is -0.570. The van der Waals surface area contributed by atoms with Crippen LogP contribution in [-0.2, 0) is 9.53 Å². The van der Waals surface area contributed by atoms with Crippen LogP contribution in [0, 0.1) is 5.41 Å². The molecule has 1 amide bonds. The van der Waals surface area contributed by atoms with Crippen molar-refractivity contribution < 1.29 is 9.53 Å². The van der Waals surface area contributed by atoms with Gasteiger partial charge in [-0.05, 0) is 45.4 Å². The number of hydrogen-bond acceptors (Lipinski definition) is 2. The minimum atomic E-state index is -0.200. The molecule has 0 bridgehead atoms. The molecule has 2 atom stereocenters. The molecule has 1 aliphatic heterocycles. The van der Waals surface area contributed by atoms with E-state index < -0.39 is 0 Å². The highest BCUT2D eigenvalue weighted by Gasteiger charge is 2.59. The third kappa shape index (κ3) is 2.67. The Kier molecular flexibility index (Phi) is 3.84. The van der Waals surface area contributed by atoms with Crippen LogP contribution < -0.4 is 0 Å². The zero-order chi connectivity index (χ0) is 13.3. The van der Waals surface area contributed by atoms with Crippen LogP contribution in [0.4, 0.5) is 0 Å². The fraction of sp³-hybridized carbons (Fsp3) is 0.938. The van der Waals surface area contributed by atoms with Gasteiger partial charge in [-0.1, -0.05) is 19.3 Å². The molecule has 2 aliphatic carbocycles. The van der Waals surface area contributed by atoms with Gasteiger partial charge in [0.2, 0.25) is 5.91 Å². The van der Waals surface area contributed by atoms with Crippen LogP contribution in [0.25, 0.3) is 0 Å². The smallest absolute Gasteiger partial charge is 0.231 e. The van der Waals surface area contributed by atoms with Crippen molar-refractivity contribution in [2.45, 2.75) is 76.9 Å². The molecule has 0 unspecified atom stereocenters. The van der Waals surface area contributed by atoms with Crippen molar-refractivity contribution in [2.24, 2.45) is 5.41 Å². The average Bonchev–Trinajstić information content (AvgIpc) is 3.10. The molecule has 0 aromatic carbocycles. The average molecular weight is 265 g/mol. The Morgan fingerprint density at radius 3 is 2.63 bits per heavy atom. The third-order valence-electron chi connectivity index (χ3n) is 5.29. The second kappa shape index (κ2) is 5.43. The zero-order valence-corrected chi connectivity index (χ0v) is 12.2. The first-order chi connectivity index (χ1) is 9.22. The number of carbonyl (C=O) groups excluding carboxylic acids is 1. The zero-order valence-electron chi connectivity index (χ0n) is 12.2. The number of rotatable bonds is 1. The first-order valence-corrected chi connectivity index (χ1v) is 8.14. The number of amides is 1. The van der Waals surface area contributed by atoms with Crippen molar-refractivity contribution >= 4 is 5.91 Å². The molecule has 19 heavy (non-hydrogen) atoms. The minimum absolute atomic E-state index is 0.198. The lowest BCUT2D eigenvalue weighted by atomic mass is 9.92. The lowest BCUT2D eigenvalue weighted by molar-refractivity contribution is -0.141. The lowest BCUT2D eigenvalue weighted by Crippen LogP contribution is -2.46. The molecule has 0 aromatic heterocycles. The van der Waals surface area contributed by atoms with E-state index >= 15 is 0 Å². The van der Waals surface area contributed by atoms with Crippen LogP contribution in [0.3, 0.4) is 0 Å². The van der Waals surface area contributed by atoms with Crippen molar-refractivity contribution in [1.29, 1.82) is 0 Å². The predicted molar refractivity (Wildman–Crippen MR) is 74.9 cm³/mol. The molecule has 1 heterocycles. The van der Waals surface area contributed by atoms with E-state index in [0.717, 1.165) is 32.4 Å². The standard InChI is InChI=1S/C16H27NO2/c1-16-12-14(16)19-11-7-3-6-10-17(15(16)18)13-8-4-2-5-9-13/h13-14H,2-12H2,1H3/t14-,16+/m0/s1. The summed E-state index contributed by atoms with van der Waals surface area (Å²) in [4.78, 5) is 15.1. The summed E-state index contributed by atoms with van der Waals surface area (Å²) in [6.07, 6.45) is 11.0. The maximum Gasteiger partial charge on any atom is 0.231 e. The number of hydrogen-bond donors (Lipinski definition) is 0. The SMILES string of the molecule is C[C@@]12C[C@@H]1OCCCCCN(C1CCCCC1)C2=O. The van der Waals surface area contributed by atoms with Gasteiger partial charge in [0.05, 0.1) is 11.5 Å². The summed E-state index contributed by atoms with van der Waals surface area (Å²) in [5.41, 5.74) is -0.200. The molecule has 2 saturated carbocycles. The van der Waals surface area contributed by atoms with Crippen molar-refractivity contribution in [3.05, 3.63) is 0 Å². The summed E-state index contributed by atoms with van der Waals surface area (Å²) in [5, 5.41) is 0. The first-order valence-electron chi connectivity index (χ1n) is 8.14. The highest BCUT2D eigenvalue weighted by atomic mass is 16.5. The van der Waals surface area contributed by atoms with Gasteiger partial charge >= 0.3 is 0 Å². The van der Waals surface area contributed by atoms with Gasteiger partial charge in [0.1, 0.15) is 0 Å². The van der Waals surface area contributed by atoms with Gasteiger partial charge in [-0.2, -0.15) is 0 Å². The minimum Gasteiger partial charge on any atom is -0.377 e. The van der Waals surface area contributed by atoms with E-state index in [2.05, 4.69) is 11.8 Å². The molecule has 0 radical (unpaired) electrons. The Morgan fingerprint density at radius 1 is 1.11 bits per heavy atom. The summed E-state index contributed by atoms with van der Waals surface area (Å²) in [5.74, 6) is 0.381. The first kappa shape index (κ1) is 13.4. The molecule has 108 valence electrons. The van der Waals surface area contributed by atoms with E-state index in [0.29, 0.717) is 11.9 Å². The Labute approximate surface area is 116 Å². The lowest BCUT2D eigenvalue weighted by Gasteiger charge is -2.37. The van der Waals surface area contributed by atoms with Crippen LogP contribution in [0.1, 0.15) is 64.7 Å². The van der Waals surface area contributed by atoms with Gasteiger partial charge < -0.3 is 9.64 Å². The Bertz CT molecular complexity index is 338. The van der Waals surface area contributed by atoms with Crippen LogP contribution in [0.5, 0.6) is 0 Å².